The van der Waals surface area contributed by atoms with Crippen LogP contribution in [0.15, 0.2) is 42.5 Å². The number of carbonyl (C=O) groups is 2. The molecule has 0 atom stereocenters. The molecule has 2 N–H and O–H groups in total. The summed E-state index contributed by atoms with van der Waals surface area (Å²) >= 11 is 0. The lowest BCUT2D eigenvalue weighted by Gasteiger charge is -2.22. The highest BCUT2D eigenvalue weighted by molar-refractivity contribution is 6.39. The number of amides is 2. The van der Waals surface area contributed by atoms with Crippen molar-refractivity contribution in [3.8, 4) is 5.75 Å². The summed E-state index contributed by atoms with van der Waals surface area (Å²) in [6.07, 6.45) is 0.584. The molecule has 0 aliphatic carbocycles. The van der Waals surface area contributed by atoms with Gasteiger partial charge < -0.3 is 20.3 Å². The van der Waals surface area contributed by atoms with E-state index in [4.69, 9.17) is 4.74 Å². The monoisotopic (exact) mass is 383 g/mol. The molecule has 0 aliphatic heterocycles. The Morgan fingerprint density at radius 1 is 1.04 bits per heavy atom. The number of hydrogen-bond acceptors (Lipinski definition) is 4. The fourth-order valence-corrected chi connectivity index (χ4v) is 3.05. The van der Waals surface area contributed by atoms with Crippen LogP contribution in [0.5, 0.6) is 5.75 Å². The number of ether oxygens (including phenoxy) is 1. The van der Waals surface area contributed by atoms with Crippen molar-refractivity contribution in [3.05, 3.63) is 53.6 Å². The number of rotatable bonds is 8. The molecule has 0 aliphatic rings. The van der Waals surface area contributed by atoms with Crippen molar-refractivity contribution < 1.29 is 14.3 Å². The smallest absolute Gasteiger partial charge is 0.313 e. The summed E-state index contributed by atoms with van der Waals surface area (Å²) in [5.41, 5.74) is 3.63. The maximum atomic E-state index is 12.2. The van der Waals surface area contributed by atoms with E-state index in [0.29, 0.717) is 18.7 Å². The molecule has 6 nitrogen and oxygen atoms in total. The Balaban J connectivity index is 1.91. The number of benzene rings is 2. The predicted octanol–water partition coefficient (Wildman–Crippen LogP) is 3.15. The van der Waals surface area contributed by atoms with E-state index in [1.165, 1.54) is 0 Å². The molecule has 2 aromatic rings. The van der Waals surface area contributed by atoms with Crippen molar-refractivity contribution in [2.24, 2.45) is 0 Å². The van der Waals surface area contributed by atoms with Crippen LogP contribution in [-0.4, -0.2) is 38.6 Å². The number of carbonyl (C=O) groups excluding carboxylic acids is 2. The summed E-state index contributed by atoms with van der Waals surface area (Å²) in [5, 5.41) is 5.34. The second-order valence-corrected chi connectivity index (χ2v) is 6.44. The molecule has 2 amide bonds. The molecule has 0 heterocycles. The van der Waals surface area contributed by atoms with Crippen molar-refractivity contribution in [1.29, 1.82) is 0 Å². The van der Waals surface area contributed by atoms with Crippen LogP contribution in [0.3, 0.4) is 0 Å². The highest BCUT2D eigenvalue weighted by atomic mass is 16.5. The van der Waals surface area contributed by atoms with E-state index in [1.807, 2.05) is 49.4 Å². The summed E-state index contributed by atoms with van der Waals surface area (Å²) in [7, 11) is 1.61. The predicted molar refractivity (Wildman–Crippen MR) is 113 cm³/mol. The highest BCUT2D eigenvalue weighted by Gasteiger charge is 2.15. The van der Waals surface area contributed by atoms with Gasteiger partial charge in [0, 0.05) is 31.0 Å². The van der Waals surface area contributed by atoms with Crippen molar-refractivity contribution >= 4 is 23.2 Å². The fourth-order valence-electron chi connectivity index (χ4n) is 3.05. The first-order chi connectivity index (χ1) is 13.5. The standard InChI is InChI=1S/C22H29N3O3/c1-5-25(6-2)18-11-12-19(16(3)15-18)24-22(27)21(26)23-14-13-17-9-7-8-10-20(17)28-4/h7-12,15H,5-6,13-14H2,1-4H3,(H,23,26)(H,24,27). The van der Waals surface area contributed by atoms with Crippen LogP contribution in [-0.2, 0) is 16.0 Å². The molecule has 0 spiro atoms. The highest BCUT2D eigenvalue weighted by Crippen LogP contribution is 2.22. The third-order valence-electron chi connectivity index (χ3n) is 4.67. The van der Waals surface area contributed by atoms with Gasteiger partial charge in [0.25, 0.3) is 0 Å². The van der Waals surface area contributed by atoms with E-state index >= 15 is 0 Å². The molecule has 0 unspecified atom stereocenters. The van der Waals surface area contributed by atoms with Crippen LogP contribution in [0.25, 0.3) is 0 Å². The van der Waals surface area contributed by atoms with Gasteiger partial charge in [-0.2, -0.15) is 0 Å². The van der Waals surface area contributed by atoms with Gasteiger partial charge in [0.05, 0.1) is 7.11 Å². The summed E-state index contributed by atoms with van der Waals surface area (Å²) in [6.45, 7) is 8.30. The Morgan fingerprint density at radius 3 is 2.39 bits per heavy atom. The molecular formula is C22H29N3O3. The summed E-state index contributed by atoms with van der Waals surface area (Å²) in [5.74, 6) is -0.550. The topological polar surface area (TPSA) is 70.7 Å². The molecule has 2 aromatic carbocycles. The second-order valence-electron chi connectivity index (χ2n) is 6.44. The lowest BCUT2D eigenvalue weighted by Crippen LogP contribution is -2.36. The Labute approximate surface area is 166 Å². The van der Waals surface area contributed by atoms with Gasteiger partial charge in [-0.05, 0) is 62.6 Å². The maximum Gasteiger partial charge on any atom is 0.313 e. The van der Waals surface area contributed by atoms with Crippen LogP contribution in [0.4, 0.5) is 11.4 Å². The number of nitrogens with zero attached hydrogens (tertiary/aromatic N) is 1. The Kier molecular flexibility index (Phi) is 7.87. The maximum absolute atomic E-state index is 12.2. The number of para-hydroxylation sites is 1. The van der Waals surface area contributed by atoms with E-state index in [-0.39, 0.29) is 0 Å². The number of methoxy groups -OCH3 is 1. The van der Waals surface area contributed by atoms with Gasteiger partial charge in [0.15, 0.2) is 0 Å². The van der Waals surface area contributed by atoms with Crippen molar-refractivity contribution in [1.82, 2.24) is 5.32 Å². The molecule has 0 fully saturated rings. The third-order valence-corrected chi connectivity index (χ3v) is 4.67. The summed E-state index contributed by atoms with van der Waals surface area (Å²) in [4.78, 5) is 26.5. The zero-order chi connectivity index (χ0) is 20.5. The van der Waals surface area contributed by atoms with Gasteiger partial charge >= 0.3 is 11.8 Å². The molecular weight excluding hydrogens is 354 g/mol. The number of nitrogens with one attached hydrogen (secondary N) is 2. The number of anilines is 2. The van der Waals surface area contributed by atoms with E-state index in [1.54, 1.807) is 7.11 Å². The van der Waals surface area contributed by atoms with Crippen LogP contribution in [0, 0.1) is 6.92 Å². The van der Waals surface area contributed by atoms with Gasteiger partial charge in [-0.25, -0.2) is 0 Å². The summed E-state index contributed by atoms with van der Waals surface area (Å²) < 4.78 is 5.29. The first kappa shape index (κ1) is 21.3. The van der Waals surface area contributed by atoms with Crippen LogP contribution < -0.4 is 20.3 Å². The van der Waals surface area contributed by atoms with E-state index < -0.39 is 11.8 Å². The average Bonchev–Trinajstić information content (AvgIpc) is 2.71. The third kappa shape index (κ3) is 5.49. The zero-order valence-corrected chi connectivity index (χ0v) is 17.0. The minimum Gasteiger partial charge on any atom is -0.496 e. The first-order valence-electron chi connectivity index (χ1n) is 9.56. The Hall–Kier alpha value is -3.02. The molecule has 150 valence electrons. The van der Waals surface area contributed by atoms with E-state index in [9.17, 15) is 9.59 Å². The minimum absolute atomic E-state index is 0.354. The van der Waals surface area contributed by atoms with Gasteiger partial charge in [0.2, 0.25) is 0 Å². The summed E-state index contributed by atoms with van der Waals surface area (Å²) in [6, 6.07) is 13.4. The SMILES string of the molecule is CCN(CC)c1ccc(NC(=O)C(=O)NCCc2ccccc2OC)c(C)c1. The molecule has 28 heavy (non-hydrogen) atoms. The molecule has 6 heteroatoms. The Morgan fingerprint density at radius 2 is 1.75 bits per heavy atom. The quantitative estimate of drug-likeness (QED) is 0.687. The average molecular weight is 383 g/mol. The van der Waals surface area contributed by atoms with Crippen LogP contribution >= 0.6 is 0 Å². The van der Waals surface area contributed by atoms with Gasteiger partial charge in [-0.15, -0.1) is 0 Å². The largest absolute Gasteiger partial charge is 0.496 e. The molecule has 0 bridgehead atoms. The van der Waals surface area contributed by atoms with Gasteiger partial charge in [0.1, 0.15) is 5.75 Å². The molecule has 0 saturated heterocycles. The molecule has 0 aromatic heterocycles. The van der Waals surface area contributed by atoms with Crippen molar-refractivity contribution in [2.45, 2.75) is 27.2 Å². The molecule has 2 rings (SSSR count). The lowest BCUT2D eigenvalue weighted by molar-refractivity contribution is -0.136. The molecule has 0 saturated carbocycles. The lowest BCUT2D eigenvalue weighted by atomic mass is 10.1. The number of aryl methyl sites for hydroxylation is 1. The minimum atomic E-state index is -0.668. The van der Waals surface area contributed by atoms with Crippen LogP contribution in [0.1, 0.15) is 25.0 Å². The molecule has 0 radical (unpaired) electrons. The van der Waals surface area contributed by atoms with E-state index in [0.717, 1.165) is 35.7 Å². The van der Waals surface area contributed by atoms with Crippen LogP contribution in [0.2, 0.25) is 0 Å². The zero-order valence-electron chi connectivity index (χ0n) is 17.0. The normalized spacial score (nSPS) is 10.3. The second kappa shape index (κ2) is 10.3. The fraction of sp³-hybridized carbons (Fsp3) is 0.364. The van der Waals surface area contributed by atoms with Crippen molar-refractivity contribution in [3.63, 3.8) is 0 Å². The van der Waals surface area contributed by atoms with Gasteiger partial charge in [-0.1, -0.05) is 18.2 Å². The number of hydrogen-bond donors (Lipinski definition) is 2. The van der Waals surface area contributed by atoms with Crippen molar-refractivity contribution in [2.75, 3.05) is 37.0 Å². The Bertz CT molecular complexity index is 816. The first-order valence-corrected chi connectivity index (χ1v) is 9.56. The van der Waals surface area contributed by atoms with E-state index in [2.05, 4.69) is 29.4 Å². The van der Waals surface area contributed by atoms with Gasteiger partial charge in [-0.3, -0.25) is 9.59 Å².